The normalized spacial score (nSPS) is 9.66. The van der Waals surface area contributed by atoms with Crippen molar-refractivity contribution in [2.45, 2.75) is 83.1 Å². The smallest absolute Gasteiger partial charge is 0.121 e. The summed E-state index contributed by atoms with van der Waals surface area (Å²) >= 11 is 0. The standard InChI is InChI=1S/4C9H12O.Hf/c4*1-6-4-7(2)9(10)8(3)5-6;/h4*4-5,10H,1-3H3;. The molecular weight excluding hydrogens is 675 g/mol. The molecule has 0 saturated carbocycles. The maximum Gasteiger partial charge on any atom is 0.121 e. The van der Waals surface area contributed by atoms with Crippen LogP contribution >= 0.6 is 0 Å². The molecule has 0 amide bonds. The van der Waals surface area contributed by atoms with E-state index in [1.54, 1.807) is 0 Å². The quantitative estimate of drug-likeness (QED) is 0.137. The summed E-state index contributed by atoms with van der Waals surface area (Å²) in [5.41, 5.74) is 12.5. The molecule has 4 N–H and O–H groups in total. The molecule has 0 aromatic heterocycles. The molecule has 0 bridgehead atoms. The largest absolute Gasteiger partial charge is 0.507 e. The van der Waals surface area contributed by atoms with Crippen molar-refractivity contribution in [1.29, 1.82) is 0 Å². The third kappa shape index (κ3) is 12.1. The minimum absolute atomic E-state index is 0. The molecule has 4 aromatic carbocycles. The molecule has 4 nitrogen and oxygen atoms in total. The Labute approximate surface area is 266 Å². The van der Waals surface area contributed by atoms with E-state index in [4.69, 9.17) is 0 Å². The summed E-state index contributed by atoms with van der Waals surface area (Å²) in [7, 11) is 0. The van der Waals surface area contributed by atoms with Crippen molar-refractivity contribution >= 4 is 0 Å². The Kier molecular flexibility index (Phi) is 15.8. The maximum atomic E-state index is 9.33. The van der Waals surface area contributed by atoms with E-state index in [1.807, 2.05) is 132 Å². The van der Waals surface area contributed by atoms with Gasteiger partial charge in [-0.3, -0.25) is 0 Å². The molecule has 0 unspecified atom stereocenters. The van der Waals surface area contributed by atoms with Crippen molar-refractivity contribution in [1.82, 2.24) is 0 Å². The van der Waals surface area contributed by atoms with Crippen molar-refractivity contribution in [3.63, 3.8) is 0 Å². The van der Waals surface area contributed by atoms with E-state index in [-0.39, 0.29) is 25.8 Å². The van der Waals surface area contributed by atoms with Crippen LogP contribution in [0.5, 0.6) is 23.0 Å². The first kappa shape index (κ1) is 38.0. The van der Waals surface area contributed by atoms with Crippen LogP contribution < -0.4 is 0 Å². The molecule has 220 valence electrons. The molecule has 0 fully saturated rings. The second-order valence-electron chi connectivity index (χ2n) is 11.0. The zero-order chi connectivity index (χ0) is 30.9. The summed E-state index contributed by atoms with van der Waals surface area (Å²) < 4.78 is 0. The summed E-state index contributed by atoms with van der Waals surface area (Å²) in [5, 5.41) is 37.3. The molecule has 4 aromatic rings. The second-order valence-corrected chi connectivity index (χ2v) is 11.0. The average molecular weight is 723 g/mol. The van der Waals surface area contributed by atoms with Crippen LogP contribution in [0.4, 0.5) is 0 Å². The minimum atomic E-state index is 0. The van der Waals surface area contributed by atoms with E-state index in [9.17, 15) is 20.4 Å². The van der Waals surface area contributed by atoms with Crippen molar-refractivity contribution in [3.05, 3.63) is 115 Å². The van der Waals surface area contributed by atoms with E-state index in [0.717, 1.165) is 44.5 Å². The van der Waals surface area contributed by atoms with Gasteiger partial charge in [-0.15, -0.1) is 0 Å². The SMILES string of the molecule is Cc1cc(C)c(O)c(C)c1.Cc1cc(C)c(O)c(C)c1.Cc1cc(C)c(O)c(C)c1.Cc1cc(C)c(O)c(C)c1.[Hf]. The Hall–Kier alpha value is -3.05. The van der Waals surface area contributed by atoms with E-state index < -0.39 is 0 Å². The summed E-state index contributed by atoms with van der Waals surface area (Å²) in [6, 6.07) is 15.8. The van der Waals surface area contributed by atoms with Crippen LogP contribution in [0, 0.1) is 83.1 Å². The van der Waals surface area contributed by atoms with Crippen molar-refractivity contribution < 1.29 is 46.3 Å². The summed E-state index contributed by atoms with van der Waals surface area (Å²) in [6.07, 6.45) is 0. The van der Waals surface area contributed by atoms with Crippen LogP contribution in [0.1, 0.15) is 66.8 Å². The number of aryl methyl sites for hydroxylation is 12. The fourth-order valence-corrected chi connectivity index (χ4v) is 4.69. The van der Waals surface area contributed by atoms with Crippen molar-refractivity contribution in [2.75, 3.05) is 0 Å². The third-order valence-corrected chi connectivity index (χ3v) is 6.54. The van der Waals surface area contributed by atoms with E-state index in [2.05, 4.69) is 0 Å². The van der Waals surface area contributed by atoms with Crippen molar-refractivity contribution in [3.8, 4) is 23.0 Å². The van der Waals surface area contributed by atoms with E-state index >= 15 is 0 Å². The van der Waals surface area contributed by atoms with E-state index in [1.165, 1.54) is 22.3 Å². The number of benzene rings is 4. The van der Waals surface area contributed by atoms with Gasteiger partial charge in [0.15, 0.2) is 0 Å². The van der Waals surface area contributed by atoms with Crippen LogP contribution in [-0.4, -0.2) is 20.4 Å². The number of hydrogen-bond donors (Lipinski definition) is 4. The van der Waals surface area contributed by atoms with Gasteiger partial charge < -0.3 is 20.4 Å². The fourth-order valence-electron chi connectivity index (χ4n) is 4.69. The van der Waals surface area contributed by atoms with Crippen molar-refractivity contribution in [2.24, 2.45) is 0 Å². The van der Waals surface area contributed by atoms with Gasteiger partial charge in [-0.1, -0.05) is 70.8 Å². The first-order valence-electron chi connectivity index (χ1n) is 13.5. The zero-order valence-electron chi connectivity index (χ0n) is 26.9. The van der Waals surface area contributed by atoms with Gasteiger partial charge in [0.1, 0.15) is 23.0 Å². The van der Waals surface area contributed by atoms with Crippen LogP contribution in [0.15, 0.2) is 48.5 Å². The monoisotopic (exact) mass is 724 g/mol. The summed E-state index contributed by atoms with van der Waals surface area (Å²) in [6.45, 7) is 23.4. The van der Waals surface area contributed by atoms with Crippen LogP contribution in [0.25, 0.3) is 0 Å². The first-order valence-corrected chi connectivity index (χ1v) is 13.5. The van der Waals surface area contributed by atoms with E-state index in [0.29, 0.717) is 23.0 Å². The van der Waals surface area contributed by atoms with Gasteiger partial charge >= 0.3 is 0 Å². The second kappa shape index (κ2) is 17.0. The maximum absolute atomic E-state index is 9.33. The molecule has 0 aliphatic heterocycles. The number of hydrogen-bond acceptors (Lipinski definition) is 4. The van der Waals surface area contributed by atoms with Crippen LogP contribution in [0.2, 0.25) is 0 Å². The summed E-state index contributed by atoms with van der Waals surface area (Å²) in [4.78, 5) is 0. The molecule has 0 radical (unpaired) electrons. The molecule has 4 rings (SSSR count). The Morgan fingerprint density at radius 3 is 0.463 bits per heavy atom. The van der Waals surface area contributed by atoms with Gasteiger partial charge in [-0.05, 0) is 128 Å². The number of rotatable bonds is 0. The molecule has 0 saturated heterocycles. The average Bonchev–Trinajstić information content (AvgIpc) is 2.84. The molecule has 41 heavy (non-hydrogen) atoms. The molecule has 0 atom stereocenters. The molecule has 5 heteroatoms. The van der Waals surface area contributed by atoms with Gasteiger partial charge in [-0.25, -0.2) is 0 Å². The zero-order valence-corrected chi connectivity index (χ0v) is 30.5. The fraction of sp³-hybridized carbons (Fsp3) is 0.333. The molecule has 0 spiro atoms. The van der Waals surface area contributed by atoms with Gasteiger partial charge in [0, 0.05) is 25.8 Å². The Morgan fingerprint density at radius 1 is 0.268 bits per heavy atom. The Balaban J connectivity index is 0.000000516. The summed E-state index contributed by atoms with van der Waals surface area (Å²) in [5.74, 6) is 1.69. The van der Waals surface area contributed by atoms with Crippen LogP contribution in [-0.2, 0) is 25.8 Å². The number of phenols is 4. The Bertz CT molecular complexity index is 1140. The van der Waals surface area contributed by atoms with Crippen LogP contribution in [0.3, 0.4) is 0 Å². The topological polar surface area (TPSA) is 80.9 Å². The number of phenolic OH excluding ortho intramolecular Hbond substituents is 4. The number of aromatic hydroxyl groups is 4. The molecular formula is C36H48HfO4. The van der Waals surface area contributed by atoms with Gasteiger partial charge in [-0.2, -0.15) is 0 Å². The van der Waals surface area contributed by atoms with Gasteiger partial charge in [0.2, 0.25) is 0 Å². The first-order chi connectivity index (χ1) is 18.4. The minimum Gasteiger partial charge on any atom is -0.507 e. The third-order valence-electron chi connectivity index (χ3n) is 6.54. The molecule has 0 aliphatic carbocycles. The van der Waals surface area contributed by atoms with Gasteiger partial charge in [0.25, 0.3) is 0 Å². The molecule has 0 heterocycles. The Morgan fingerprint density at radius 2 is 0.366 bits per heavy atom. The molecule has 0 aliphatic rings. The van der Waals surface area contributed by atoms with Gasteiger partial charge in [0.05, 0.1) is 0 Å². The predicted octanol–water partition coefficient (Wildman–Crippen LogP) is 9.27. The predicted molar refractivity (Wildman–Crippen MR) is 169 cm³/mol.